The molecule has 1 N–H and O–H groups in total. The molecule has 0 aliphatic heterocycles. The van der Waals surface area contributed by atoms with E-state index in [0.29, 0.717) is 10.7 Å². The summed E-state index contributed by atoms with van der Waals surface area (Å²) < 4.78 is 1.75. The number of para-hydroxylation sites is 2. The molecule has 15 heavy (non-hydrogen) atoms. The molecule has 0 saturated heterocycles. The summed E-state index contributed by atoms with van der Waals surface area (Å²) in [6, 6.07) is 11.0. The zero-order valence-corrected chi connectivity index (χ0v) is 8.45. The molecule has 0 bridgehead atoms. The van der Waals surface area contributed by atoms with Crippen LogP contribution in [0, 0.1) is 0 Å². The lowest BCUT2D eigenvalue weighted by Gasteiger charge is -2.02. The Morgan fingerprint density at radius 1 is 1.07 bits per heavy atom. The molecule has 74 valence electrons. The molecule has 0 amide bonds. The molecule has 0 fully saturated rings. The van der Waals surface area contributed by atoms with E-state index in [0.717, 1.165) is 11.0 Å². The van der Waals surface area contributed by atoms with Gasteiger partial charge in [0.1, 0.15) is 10.7 Å². The molecule has 0 spiro atoms. The van der Waals surface area contributed by atoms with E-state index in [1.54, 1.807) is 16.5 Å². The van der Waals surface area contributed by atoms with Crippen molar-refractivity contribution in [3.8, 4) is 0 Å². The van der Waals surface area contributed by atoms with Gasteiger partial charge < -0.3 is 4.98 Å². The smallest absolute Gasteiger partial charge is 0.272 e. The third kappa shape index (κ3) is 1.10. The highest BCUT2D eigenvalue weighted by Crippen LogP contribution is 2.18. The number of fused-ring (bicyclic) bond motifs is 3. The fraction of sp³-hybridized carbons (Fsp3) is 0. The minimum absolute atomic E-state index is 0.124. The minimum Gasteiger partial charge on any atom is -0.319 e. The Morgan fingerprint density at radius 3 is 2.73 bits per heavy atom. The SMILES string of the molecule is O=c1[nH]c2ccccc2n2c(Cl)ccc12. The molecule has 1 aromatic carbocycles. The number of nitrogens with zero attached hydrogens (tertiary/aromatic N) is 1. The van der Waals surface area contributed by atoms with Crippen LogP contribution in [0.5, 0.6) is 0 Å². The van der Waals surface area contributed by atoms with Crippen molar-refractivity contribution in [1.82, 2.24) is 9.38 Å². The van der Waals surface area contributed by atoms with Crippen molar-refractivity contribution in [2.45, 2.75) is 0 Å². The summed E-state index contributed by atoms with van der Waals surface area (Å²) in [4.78, 5) is 14.5. The number of hydrogen-bond donors (Lipinski definition) is 1. The van der Waals surface area contributed by atoms with Crippen molar-refractivity contribution in [3.05, 3.63) is 51.9 Å². The highest BCUT2D eigenvalue weighted by atomic mass is 35.5. The third-order valence-electron chi connectivity index (χ3n) is 2.46. The van der Waals surface area contributed by atoms with Crippen molar-refractivity contribution in [2.75, 3.05) is 0 Å². The predicted molar refractivity (Wildman–Crippen MR) is 60.5 cm³/mol. The summed E-state index contributed by atoms with van der Waals surface area (Å²) >= 11 is 6.03. The van der Waals surface area contributed by atoms with E-state index in [2.05, 4.69) is 4.98 Å². The highest BCUT2D eigenvalue weighted by Gasteiger charge is 2.06. The molecule has 0 aliphatic rings. The van der Waals surface area contributed by atoms with Gasteiger partial charge in [-0.15, -0.1) is 0 Å². The fourth-order valence-corrected chi connectivity index (χ4v) is 2.04. The second-order valence-corrected chi connectivity index (χ2v) is 3.74. The van der Waals surface area contributed by atoms with Crippen LogP contribution in [0.25, 0.3) is 16.6 Å². The van der Waals surface area contributed by atoms with Crippen molar-refractivity contribution in [2.24, 2.45) is 0 Å². The molecule has 0 radical (unpaired) electrons. The maximum absolute atomic E-state index is 11.7. The zero-order chi connectivity index (χ0) is 10.4. The lowest BCUT2D eigenvalue weighted by atomic mass is 10.3. The van der Waals surface area contributed by atoms with Crippen LogP contribution >= 0.6 is 11.6 Å². The summed E-state index contributed by atoms with van der Waals surface area (Å²) in [5.41, 5.74) is 2.13. The molecule has 4 heteroatoms. The second kappa shape index (κ2) is 2.87. The van der Waals surface area contributed by atoms with Crippen LogP contribution in [0.4, 0.5) is 0 Å². The molecule has 3 aromatic rings. The van der Waals surface area contributed by atoms with E-state index in [-0.39, 0.29) is 5.56 Å². The van der Waals surface area contributed by atoms with Crippen LogP contribution in [0.1, 0.15) is 0 Å². The normalized spacial score (nSPS) is 11.3. The van der Waals surface area contributed by atoms with Crippen molar-refractivity contribution >= 4 is 28.2 Å². The first-order chi connectivity index (χ1) is 7.27. The van der Waals surface area contributed by atoms with Crippen LogP contribution in [-0.2, 0) is 0 Å². The van der Waals surface area contributed by atoms with Gasteiger partial charge in [0, 0.05) is 0 Å². The second-order valence-electron chi connectivity index (χ2n) is 3.35. The van der Waals surface area contributed by atoms with E-state index in [4.69, 9.17) is 11.6 Å². The van der Waals surface area contributed by atoms with Crippen LogP contribution in [0.3, 0.4) is 0 Å². The molecular weight excluding hydrogens is 212 g/mol. The quantitative estimate of drug-likeness (QED) is 0.618. The van der Waals surface area contributed by atoms with Crippen molar-refractivity contribution in [1.29, 1.82) is 0 Å². The topological polar surface area (TPSA) is 37.3 Å². The molecule has 0 unspecified atom stereocenters. The van der Waals surface area contributed by atoms with Gasteiger partial charge in [0.25, 0.3) is 5.56 Å². The number of benzene rings is 1. The standard InChI is InChI=1S/C11H7ClN2O/c12-10-6-5-9-11(15)13-7-3-1-2-4-8(7)14(9)10/h1-6H,(H,13,15). The van der Waals surface area contributed by atoms with Gasteiger partial charge in [-0.2, -0.15) is 0 Å². The van der Waals surface area contributed by atoms with Gasteiger partial charge in [0.15, 0.2) is 0 Å². The van der Waals surface area contributed by atoms with Crippen LogP contribution in [0.15, 0.2) is 41.2 Å². The highest BCUT2D eigenvalue weighted by molar-refractivity contribution is 6.30. The summed E-state index contributed by atoms with van der Waals surface area (Å²) in [6.07, 6.45) is 0. The fourth-order valence-electron chi connectivity index (χ4n) is 1.79. The molecule has 2 aromatic heterocycles. The molecule has 3 rings (SSSR count). The van der Waals surface area contributed by atoms with E-state index in [9.17, 15) is 4.79 Å². The summed E-state index contributed by atoms with van der Waals surface area (Å²) in [5, 5.41) is 0.548. The van der Waals surface area contributed by atoms with Gasteiger partial charge in [0.05, 0.1) is 11.0 Å². The average molecular weight is 219 g/mol. The Balaban J connectivity index is 2.74. The van der Waals surface area contributed by atoms with Crippen LogP contribution < -0.4 is 5.56 Å². The Labute approximate surface area is 89.9 Å². The van der Waals surface area contributed by atoms with Gasteiger partial charge in [-0.05, 0) is 24.3 Å². The first kappa shape index (κ1) is 8.56. The average Bonchev–Trinajstić information content (AvgIpc) is 2.62. The summed E-state index contributed by atoms with van der Waals surface area (Å²) in [7, 11) is 0. The van der Waals surface area contributed by atoms with Gasteiger partial charge >= 0.3 is 0 Å². The summed E-state index contributed by atoms with van der Waals surface area (Å²) in [5.74, 6) is 0. The van der Waals surface area contributed by atoms with Crippen molar-refractivity contribution < 1.29 is 0 Å². The van der Waals surface area contributed by atoms with Gasteiger partial charge in [-0.3, -0.25) is 9.20 Å². The molecule has 0 aliphatic carbocycles. The third-order valence-corrected chi connectivity index (χ3v) is 2.75. The monoisotopic (exact) mass is 218 g/mol. The molecule has 3 nitrogen and oxygen atoms in total. The number of aromatic amines is 1. The van der Waals surface area contributed by atoms with Crippen LogP contribution in [-0.4, -0.2) is 9.38 Å². The molecule has 2 heterocycles. The molecule has 0 atom stereocenters. The number of H-pyrrole nitrogens is 1. The maximum Gasteiger partial charge on any atom is 0.272 e. The number of hydrogen-bond acceptors (Lipinski definition) is 1. The lowest BCUT2D eigenvalue weighted by Crippen LogP contribution is -2.09. The maximum atomic E-state index is 11.7. The van der Waals surface area contributed by atoms with E-state index in [1.165, 1.54) is 0 Å². The first-order valence-corrected chi connectivity index (χ1v) is 4.93. The van der Waals surface area contributed by atoms with E-state index in [1.807, 2.05) is 24.3 Å². The van der Waals surface area contributed by atoms with Gasteiger partial charge in [-0.25, -0.2) is 0 Å². The molecule has 0 saturated carbocycles. The van der Waals surface area contributed by atoms with Crippen LogP contribution in [0.2, 0.25) is 5.15 Å². The number of aromatic nitrogens is 2. The van der Waals surface area contributed by atoms with Gasteiger partial charge in [0.2, 0.25) is 0 Å². The molecular formula is C11H7ClN2O. The van der Waals surface area contributed by atoms with Gasteiger partial charge in [-0.1, -0.05) is 23.7 Å². The zero-order valence-electron chi connectivity index (χ0n) is 7.70. The van der Waals surface area contributed by atoms with E-state index >= 15 is 0 Å². The first-order valence-electron chi connectivity index (χ1n) is 4.55. The number of nitrogens with one attached hydrogen (secondary N) is 1. The minimum atomic E-state index is -0.124. The number of rotatable bonds is 0. The Kier molecular flexibility index (Phi) is 1.64. The Morgan fingerprint density at radius 2 is 1.87 bits per heavy atom. The number of halogens is 1. The Bertz CT molecular complexity index is 711. The largest absolute Gasteiger partial charge is 0.319 e. The lowest BCUT2D eigenvalue weighted by molar-refractivity contribution is 1.19. The van der Waals surface area contributed by atoms with Crippen molar-refractivity contribution in [3.63, 3.8) is 0 Å². The Hall–Kier alpha value is -1.74. The van der Waals surface area contributed by atoms with E-state index < -0.39 is 0 Å². The predicted octanol–water partition coefficient (Wildman–Crippen LogP) is 2.43. The summed E-state index contributed by atoms with van der Waals surface area (Å²) in [6.45, 7) is 0.